The number of aliphatic hydroxyl groups excluding tert-OH is 1. The van der Waals surface area contributed by atoms with E-state index in [4.69, 9.17) is 24.4 Å². The van der Waals surface area contributed by atoms with Crippen LogP contribution in [0.15, 0.2) is 12.4 Å². The summed E-state index contributed by atoms with van der Waals surface area (Å²) in [5, 5.41) is 8.97. The van der Waals surface area contributed by atoms with E-state index in [9.17, 15) is 0 Å². The molecule has 1 aromatic heterocycles. The Morgan fingerprint density at radius 3 is 1.85 bits per heavy atom. The first-order valence-electron chi connectivity index (χ1n) is 9.77. The van der Waals surface area contributed by atoms with E-state index >= 15 is 0 Å². The van der Waals surface area contributed by atoms with Crippen molar-refractivity contribution in [2.45, 2.75) is 90.5 Å². The minimum Gasteiger partial charge on any atom is -0.395 e. The third kappa shape index (κ3) is 18.1. The van der Waals surface area contributed by atoms with E-state index in [-0.39, 0.29) is 6.61 Å². The van der Waals surface area contributed by atoms with Gasteiger partial charge in [0.05, 0.1) is 6.61 Å². The maximum Gasteiger partial charge on any atom is 0.466 e. The van der Waals surface area contributed by atoms with Crippen molar-refractivity contribution in [1.82, 2.24) is 9.55 Å². The molecule has 0 radical (unpaired) electrons. The van der Waals surface area contributed by atoms with Gasteiger partial charge in [-0.1, -0.05) is 71.1 Å². The molecule has 0 amide bonds. The molecule has 26 heavy (non-hydrogen) atoms. The first-order chi connectivity index (χ1) is 12.4. The Hall–Kier alpha value is -0.720. The van der Waals surface area contributed by atoms with Crippen molar-refractivity contribution in [3.8, 4) is 0 Å². The zero-order chi connectivity index (χ0) is 19.7. The van der Waals surface area contributed by atoms with Crippen LogP contribution in [0.5, 0.6) is 0 Å². The molecule has 0 unspecified atom stereocenters. The van der Waals surface area contributed by atoms with Crippen LogP contribution < -0.4 is 0 Å². The van der Waals surface area contributed by atoms with E-state index in [0.717, 1.165) is 12.2 Å². The highest BCUT2D eigenvalue weighted by atomic mass is 31.2. The van der Waals surface area contributed by atoms with Crippen molar-refractivity contribution in [2.75, 3.05) is 6.61 Å². The Labute approximate surface area is 157 Å². The Kier molecular flexibility index (Phi) is 16.0. The van der Waals surface area contributed by atoms with Gasteiger partial charge in [-0.05, 0) is 6.42 Å². The summed E-state index contributed by atoms with van der Waals surface area (Å²) in [6.45, 7) is 3.14. The lowest BCUT2D eigenvalue weighted by Crippen LogP contribution is -2.06. The summed E-state index contributed by atoms with van der Waals surface area (Å²) in [5.41, 5.74) is 0. The van der Waals surface area contributed by atoms with Crippen LogP contribution in [-0.2, 0) is 17.5 Å². The zero-order valence-corrected chi connectivity index (χ0v) is 17.0. The summed E-state index contributed by atoms with van der Waals surface area (Å²) in [6.07, 6.45) is 20.0. The Morgan fingerprint density at radius 1 is 0.923 bits per heavy atom. The van der Waals surface area contributed by atoms with Gasteiger partial charge in [0.15, 0.2) is 0 Å². The number of aryl methyl sites for hydroxylation is 1. The largest absolute Gasteiger partial charge is 0.466 e. The number of hydrogen-bond donors (Lipinski definition) is 4. The van der Waals surface area contributed by atoms with Crippen molar-refractivity contribution < 1.29 is 24.4 Å². The fourth-order valence-corrected chi connectivity index (χ4v) is 2.83. The molecule has 0 bridgehead atoms. The van der Waals surface area contributed by atoms with Gasteiger partial charge < -0.3 is 24.4 Å². The SMILES string of the molecule is CCCCCCCCCCCCCc1nccn1CCO.O=P(O)(O)O. The second kappa shape index (κ2) is 16.5. The van der Waals surface area contributed by atoms with Crippen molar-refractivity contribution >= 4 is 7.82 Å². The highest BCUT2D eigenvalue weighted by Crippen LogP contribution is 2.25. The van der Waals surface area contributed by atoms with Gasteiger partial charge in [0.25, 0.3) is 0 Å². The van der Waals surface area contributed by atoms with Crippen molar-refractivity contribution in [3.63, 3.8) is 0 Å². The highest BCUT2D eigenvalue weighted by molar-refractivity contribution is 7.45. The van der Waals surface area contributed by atoms with E-state index in [1.807, 2.05) is 12.4 Å². The fourth-order valence-electron chi connectivity index (χ4n) is 2.83. The molecule has 0 aliphatic carbocycles. The number of rotatable bonds is 14. The van der Waals surface area contributed by atoms with Crippen LogP contribution >= 0.6 is 7.82 Å². The van der Waals surface area contributed by atoms with Crippen molar-refractivity contribution in [2.24, 2.45) is 0 Å². The van der Waals surface area contributed by atoms with E-state index in [0.29, 0.717) is 6.54 Å². The summed E-state index contributed by atoms with van der Waals surface area (Å²) in [5.74, 6) is 1.12. The van der Waals surface area contributed by atoms with Crippen molar-refractivity contribution in [1.29, 1.82) is 0 Å². The maximum atomic E-state index is 8.97. The minimum atomic E-state index is -4.64. The van der Waals surface area contributed by atoms with E-state index in [1.54, 1.807) is 0 Å². The van der Waals surface area contributed by atoms with Crippen LogP contribution in [0.1, 0.15) is 83.4 Å². The van der Waals surface area contributed by atoms with Gasteiger partial charge in [0, 0.05) is 25.4 Å². The van der Waals surface area contributed by atoms with Gasteiger partial charge in [-0.2, -0.15) is 0 Å². The smallest absolute Gasteiger partial charge is 0.395 e. The number of imidazole rings is 1. The molecule has 0 fully saturated rings. The van der Waals surface area contributed by atoms with Gasteiger partial charge in [-0.25, -0.2) is 9.55 Å². The maximum absolute atomic E-state index is 8.97. The van der Waals surface area contributed by atoms with Crippen molar-refractivity contribution in [3.05, 3.63) is 18.2 Å². The predicted molar refractivity (Wildman–Crippen MR) is 104 cm³/mol. The van der Waals surface area contributed by atoms with Crippen LogP contribution in [0.3, 0.4) is 0 Å². The Morgan fingerprint density at radius 2 is 1.38 bits per heavy atom. The zero-order valence-electron chi connectivity index (χ0n) is 16.1. The predicted octanol–water partition coefficient (Wildman–Crippen LogP) is 3.80. The topological polar surface area (TPSA) is 116 Å². The minimum absolute atomic E-state index is 0.196. The number of aliphatic hydroxyl groups is 1. The van der Waals surface area contributed by atoms with Gasteiger partial charge >= 0.3 is 7.82 Å². The third-order valence-electron chi connectivity index (χ3n) is 4.15. The number of unbranched alkanes of at least 4 members (excludes halogenated alkanes) is 10. The molecule has 154 valence electrons. The van der Waals surface area contributed by atoms with Crippen LogP contribution in [-0.4, -0.2) is 35.9 Å². The molecule has 0 saturated carbocycles. The summed E-state index contributed by atoms with van der Waals surface area (Å²) < 4.78 is 10.9. The molecular weight excluding hydrogens is 355 g/mol. The molecule has 1 heterocycles. The van der Waals surface area contributed by atoms with Gasteiger partial charge in [0.1, 0.15) is 5.82 Å². The molecule has 0 aromatic carbocycles. The average molecular weight is 392 g/mol. The number of aromatic nitrogens is 2. The lowest BCUT2D eigenvalue weighted by Gasteiger charge is -2.06. The molecule has 0 saturated heterocycles. The summed E-state index contributed by atoms with van der Waals surface area (Å²) in [4.78, 5) is 25.9. The monoisotopic (exact) mass is 392 g/mol. The first-order valence-corrected chi connectivity index (χ1v) is 11.3. The summed E-state index contributed by atoms with van der Waals surface area (Å²) in [6, 6.07) is 0. The molecule has 0 spiro atoms. The highest BCUT2D eigenvalue weighted by Gasteiger charge is 2.02. The Balaban J connectivity index is 0.00000110. The van der Waals surface area contributed by atoms with Crippen LogP contribution in [0.25, 0.3) is 0 Å². The van der Waals surface area contributed by atoms with Crippen LogP contribution in [0.2, 0.25) is 0 Å². The molecule has 8 heteroatoms. The summed E-state index contributed by atoms with van der Waals surface area (Å²) >= 11 is 0. The van der Waals surface area contributed by atoms with Gasteiger partial charge in [-0.15, -0.1) is 0 Å². The molecule has 7 nitrogen and oxygen atoms in total. The van der Waals surface area contributed by atoms with Crippen LogP contribution in [0.4, 0.5) is 0 Å². The second-order valence-corrected chi connectivity index (χ2v) is 7.59. The molecule has 0 atom stereocenters. The standard InChI is InChI=1S/C18H34N2O.H3O4P/c1-2-3-4-5-6-7-8-9-10-11-12-13-18-19-14-15-20(18)16-17-21;1-5(2,3)4/h14-15,21H,2-13,16-17H2,1H3;(H3,1,2,3,4). The van der Waals surface area contributed by atoms with Gasteiger partial charge in [-0.3, -0.25) is 0 Å². The quantitative estimate of drug-likeness (QED) is 0.283. The lowest BCUT2D eigenvalue weighted by molar-refractivity contribution is 0.273. The fraction of sp³-hybridized carbons (Fsp3) is 0.833. The van der Waals surface area contributed by atoms with Gasteiger partial charge in [0.2, 0.25) is 0 Å². The summed E-state index contributed by atoms with van der Waals surface area (Å²) in [7, 11) is -4.64. The number of phosphoric acid groups is 1. The third-order valence-corrected chi connectivity index (χ3v) is 4.15. The normalized spacial score (nSPS) is 11.3. The van der Waals surface area contributed by atoms with E-state index < -0.39 is 7.82 Å². The van der Waals surface area contributed by atoms with Crippen LogP contribution in [0, 0.1) is 0 Å². The molecule has 1 aromatic rings. The molecular formula is C18H37N2O5P. The molecule has 0 aliphatic heterocycles. The molecule has 4 N–H and O–H groups in total. The molecule has 0 aliphatic rings. The second-order valence-electron chi connectivity index (χ2n) is 6.56. The first kappa shape index (κ1) is 25.3. The average Bonchev–Trinajstić information content (AvgIpc) is 2.99. The number of hydrogen-bond acceptors (Lipinski definition) is 3. The molecule has 1 rings (SSSR count). The lowest BCUT2D eigenvalue weighted by atomic mass is 10.1. The van der Waals surface area contributed by atoms with E-state index in [1.165, 1.54) is 70.6 Å². The number of nitrogens with zero attached hydrogens (tertiary/aromatic N) is 2. The Bertz CT molecular complexity index is 468. The van der Waals surface area contributed by atoms with E-state index in [2.05, 4.69) is 16.5 Å².